The summed E-state index contributed by atoms with van der Waals surface area (Å²) in [4.78, 5) is 0. The molecule has 0 heterocycles. The molecule has 0 amide bonds. The SMILES string of the molecule is CCCCCCOC(C)C(O)c1ccc(OC)cc1. The van der Waals surface area contributed by atoms with E-state index in [0.717, 1.165) is 17.7 Å². The fourth-order valence-electron chi connectivity index (χ4n) is 1.96. The molecule has 1 rings (SSSR count). The maximum atomic E-state index is 10.2. The topological polar surface area (TPSA) is 38.7 Å². The van der Waals surface area contributed by atoms with Gasteiger partial charge < -0.3 is 14.6 Å². The summed E-state index contributed by atoms with van der Waals surface area (Å²) in [5, 5.41) is 10.2. The van der Waals surface area contributed by atoms with Crippen LogP contribution in [0, 0.1) is 0 Å². The third-order valence-corrected chi connectivity index (χ3v) is 3.28. The fourth-order valence-corrected chi connectivity index (χ4v) is 1.96. The van der Waals surface area contributed by atoms with Crippen LogP contribution in [0.1, 0.15) is 51.2 Å². The first kappa shape index (κ1) is 16.0. The van der Waals surface area contributed by atoms with Crippen LogP contribution in [-0.4, -0.2) is 24.9 Å². The van der Waals surface area contributed by atoms with Crippen molar-refractivity contribution in [2.45, 2.75) is 51.7 Å². The van der Waals surface area contributed by atoms with Gasteiger partial charge in [-0.25, -0.2) is 0 Å². The highest BCUT2D eigenvalue weighted by Gasteiger charge is 2.16. The van der Waals surface area contributed by atoms with Gasteiger partial charge >= 0.3 is 0 Å². The van der Waals surface area contributed by atoms with E-state index in [1.165, 1.54) is 19.3 Å². The fraction of sp³-hybridized carbons (Fsp3) is 0.625. The largest absolute Gasteiger partial charge is 0.497 e. The molecule has 2 atom stereocenters. The normalized spacial score (nSPS) is 14.1. The minimum absolute atomic E-state index is 0.185. The highest BCUT2D eigenvalue weighted by molar-refractivity contribution is 5.28. The highest BCUT2D eigenvalue weighted by Crippen LogP contribution is 2.22. The predicted molar refractivity (Wildman–Crippen MR) is 77.5 cm³/mol. The van der Waals surface area contributed by atoms with Gasteiger partial charge in [0.1, 0.15) is 11.9 Å². The summed E-state index contributed by atoms with van der Waals surface area (Å²) in [6.45, 7) is 4.82. The lowest BCUT2D eigenvalue weighted by molar-refractivity contribution is -0.0291. The Morgan fingerprint density at radius 1 is 1.11 bits per heavy atom. The van der Waals surface area contributed by atoms with Crippen LogP contribution in [0.15, 0.2) is 24.3 Å². The summed E-state index contributed by atoms with van der Waals surface area (Å²) in [5.41, 5.74) is 0.863. The molecular formula is C16H26O3. The van der Waals surface area contributed by atoms with E-state index < -0.39 is 6.10 Å². The average Bonchev–Trinajstić information content (AvgIpc) is 2.46. The van der Waals surface area contributed by atoms with Crippen molar-refractivity contribution in [2.24, 2.45) is 0 Å². The zero-order chi connectivity index (χ0) is 14.1. The van der Waals surface area contributed by atoms with Gasteiger partial charge in [0.2, 0.25) is 0 Å². The van der Waals surface area contributed by atoms with Gasteiger partial charge in [0.15, 0.2) is 0 Å². The van der Waals surface area contributed by atoms with E-state index in [0.29, 0.717) is 6.61 Å². The summed E-state index contributed by atoms with van der Waals surface area (Å²) in [5.74, 6) is 0.795. The third-order valence-electron chi connectivity index (χ3n) is 3.28. The van der Waals surface area contributed by atoms with Crippen molar-refractivity contribution in [3.05, 3.63) is 29.8 Å². The molecule has 0 saturated heterocycles. The summed E-state index contributed by atoms with van der Waals surface area (Å²) in [6, 6.07) is 7.46. The Morgan fingerprint density at radius 3 is 2.37 bits per heavy atom. The lowest BCUT2D eigenvalue weighted by atomic mass is 10.1. The maximum Gasteiger partial charge on any atom is 0.118 e. The second-order valence-electron chi connectivity index (χ2n) is 4.85. The van der Waals surface area contributed by atoms with Gasteiger partial charge in [-0.3, -0.25) is 0 Å². The van der Waals surface area contributed by atoms with Gasteiger partial charge in [0, 0.05) is 6.61 Å². The Balaban J connectivity index is 2.36. The van der Waals surface area contributed by atoms with Crippen LogP contribution in [0.25, 0.3) is 0 Å². The Labute approximate surface area is 116 Å². The average molecular weight is 266 g/mol. The number of rotatable bonds is 9. The number of hydrogen-bond donors (Lipinski definition) is 1. The van der Waals surface area contributed by atoms with Gasteiger partial charge in [-0.1, -0.05) is 38.3 Å². The van der Waals surface area contributed by atoms with E-state index in [1.807, 2.05) is 31.2 Å². The molecule has 1 aromatic carbocycles. The molecule has 1 N–H and O–H groups in total. The van der Waals surface area contributed by atoms with Crippen LogP contribution >= 0.6 is 0 Å². The van der Waals surface area contributed by atoms with Gasteiger partial charge in [-0.15, -0.1) is 0 Å². The van der Waals surface area contributed by atoms with Crippen LogP contribution in [0.3, 0.4) is 0 Å². The first-order chi connectivity index (χ1) is 9.19. The molecule has 1 aromatic rings. The van der Waals surface area contributed by atoms with E-state index in [4.69, 9.17) is 9.47 Å². The van der Waals surface area contributed by atoms with E-state index >= 15 is 0 Å². The van der Waals surface area contributed by atoms with Gasteiger partial charge in [0.25, 0.3) is 0 Å². The lowest BCUT2D eigenvalue weighted by Crippen LogP contribution is -2.19. The van der Waals surface area contributed by atoms with Crippen molar-refractivity contribution in [1.82, 2.24) is 0 Å². The van der Waals surface area contributed by atoms with Crippen LogP contribution in [0.4, 0.5) is 0 Å². The molecule has 0 spiro atoms. The smallest absolute Gasteiger partial charge is 0.118 e. The minimum Gasteiger partial charge on any atom is -0.497 e. The number of ether oxygens (including phenoxy) is 2. The molecule has 19 heavy (non-hydrogen) atoms. The number of aliphatic hydroxyl groups excluding tert-OH is 1. The first-order valence-corrected chi connectivity index (χ1v) is 7.12. The monoisotopic (exact) mass is 266 g/mol. The number of unbranched alkanes of at least 4 members (excludes halogenated alkanes) is 3. The summed E-state index contributed by atoms with van der Waals surface area (Å²) < 4.78 is 10.8. The number of benzene rings is 1. The first-order valence-electron chi connectivity index (χ1n) is 7.12. The Kier molecular flexibility index (Phi) is 7.53. The van der Waals surface area contributed by atoms with Crippen molar-refractivity contribution in [3.8, 4) is 5.75 Å². The van der Waals surface area contributed by atoms with E-state index in [1.54, 1.807) is 7.11 Å². The molecule has 108 valence electrons. The second-order valence-corrected chi connectivity index (χ2v) is 4.85. The van der Waals surface area contributed by atoms with Crippen molar-refractivity contribution in [2.75, 3.05) is 13.7 Å². The molecule has 0 bridgehead atoms. The van der Waals surface area contributed by atoms with Crippen molar-refractivity contribution < 1.29 is 14.6 Å². The summed E-state index contributed by atoms with van der Waals surface area (Å²) in [6.07, 6.45) is 3.96. The Bertz CT molecular complexity index is 334. The van der Waals surface area contributed by atoms with Crippen molar-refractivity contribution in [3.63, 3.8) is 0 Å². The quantitative estimate of drug-likeness (QED) is 0.692. The Morgan fingerprint density at radius 2 is 1.79 bits per heavy atom. The Hall–Kier alpha value is -1.06. The zero-order valence-corrected chi connectivity index (χ0v) is 12.3. The van der Waals surface area contributed by atoms with Crippen LogP contribution in [0.5, 0.6) is 5.75 Å². The molecule has 0 saturated carbocycles. The van der Waals surface area contributed by atoms with Gasteiger partial charge in [-0.05, 0) is 31.0 Å². The standard InChI is InChI=1S/C16H26O3/c1-4-5-6-7-12-19-13(2)16(17)14-8-10-15(18-3)11-9-14/h8-11,13,16-17H,4-7,12H2,1-3H3. The van der Waals surface area contributed by atoms with Crippen LogP contribution < -0.4 is 4.74 Å². The lowest BCUT2D eigenvalue weighted by Gasteiger charge is -2.20. The maximum absolute atomic E-state index is 10.2. The molecule has 2 unspecified atom stereocenters. The molecule has 0 radical (unpaired) electrons. The molecular weight excluding hydrogens is 240 g/mol. The molecule has 0 fully saturated rings. The minimum atomic E-state index is -0.586. The molecule has 0 aliphatic rings. The molecule has 0 aliphatic carbocycles. The molecule has 3 heteroatoms. The number of methoxy groups -OCH3 is 1. The predicted octanol–water partition coefficient (Wildman–Crippen LogP) is 3.71. The van der Waals surface area contributed by atoms with Crippen LogP contribution in [0.2, 0.25) is 0 Å². The van der Waals surface area contributed by atoms with Crippen molar-refractivity contribution in [1.29, 1.82) is 0 Å². The molecule has 0 aromatic heterocycles. The molecule has 3 nitrogen and oxygen atoms in total. The summed E-state index contributed by atoms with van der Waals surface area (Å²) >= 11 is 0. The van der Waals surface area contributed by atoms with E-state index in [2.05, 4.69) is 6.92 Å². The van der Waals surface area contributed by atoms with Crippen molar-refractivity contribution >= 4 is 0 Å². The van der Waals surface area contributed by atoms with Gasteiger partial charge in [-0.2, -0.15) is 0 Å². The molecule has 0 aliphatic heterocycles. The van der Waals surface area contributed by atoms with Crippen LogP contribution in [-0.2, 0) is 4.74 Å². The zero-order valence-electron chi connectivity index (χ0n) is 12.3. The van der Waals surface area contributed by atoms with E-state index in [-0.39, 0.29) is 6.10 Å². The number of aliphatic hydroxyl groups is 1. The summed E-state index contributed by atoms with van der Waals surface area (Å²) in [7, 11) is 1.63. The number of hydrogen-bond acceptors (Lipinski definition) is 3. The second kappa shape index (κ2) is 8.94. The third kappa shape index (κ3) is 5.62. The van der Waals surface area contributed by atoms with E-state index in [9.17, 15) is 5.11 Å². The highest BCUT2D eigenvalue weighted by atomic mass is 16.5. The van der Waals surface area contributed by atoms with Gasteiger partial charge in [0.05, 0.1) is 13.2 Å².